The summed E-state index contributed by atoms with van der Waals surface area (Å²) in [7, 11) is 0. The van der Waals surface area contributed by atoms with Crippen LogP contribution in [0.2, 0.25) is 0 Å². The van der Waals surface area contributed by atoms with E-state index in [2.05, 4.69) is 12.2 Å². The number of carbonyl (C=O) groups is 2. The predicted octanol–water partition coefficient (Wildman–Crippen LogP) is 1.06. The lowest BCUT2D eigenvalue weighted by molar-refractivity contribution is -0.144. The molecular formula is C13H22N2O4. The molecule has 3 unspecified atom stereocenters. The molecule has 2 aliphatic rings. The van der Waals surface area contributed by atoms with Gasteiger partial charge in [-0.2, -0.15) is 0 Å². The Kier molecular flexibility index (Phi) is 3.99. The topological polar surface area (TPSA) is 78.9 Å². The van der Waals surface area contributed by atoms with Gasteiger partial charge in [0, 0.05) is 25.6 Å². The largest absolute Gasteiger partial charge is 0.479 e. The minimum absolute atomic E-state index is 0.0475. The zero-order valence-electron chi connectivity index (χ0n) is 11.5. The van der Waals surface area contributed by atoms with Crippen molar-refractivity contribution in [3.05, 3.63) is 0 Å². The van der Waals surface area contributed by atoms with E-state index >= 15 is 0 Å². The third-order valence-corrected chi connectivity index (χ3v) is 4.41. The van der Waals surface area contributed by atoms with Gasteiger partial charge in [0.05, 0.1) is 6.61 Å². The van der Waals surface area contributed by atoms with Crippen LogP contribution in [-0.4, -0.2) is 53.3 Å². The van der Waals surface area contributed by atoms with E-state index in [-0.39, 0.29) is 18.7 Å². The number of piperidine rings is 1. The number of urea groups is 1. The molecule has 3 atom stereocenters. The second-order valence-corrected chi connectivity index (χ2v) is 5.67. The van der Waals surface area contributed by atoms with Crippen molar-refractivity contribution in [2.24, 2.45) is 5.92 Å². The fraction of sp³-hybridized carbons (Fsp3) is 0.846. The Balaban J connectivity index is 2.05. The van der Waals surface area contributed by atoms with E-state index < -0.39 is 11.5 Å². The lowest BCUT2D eigenvalue weighted by atomic mass is 9.92. The van der Waals surface area contributed by atoms with Crippen molar-refractivity contribution >= 4 is 12.0 Å². The van der Waals surface area contributed by atoms with E-state index in [1.165, 1.54) is 0 Å². The van der Waals surface area contributed by atoms with Crippen molar-refractivity contribution in [3.63, 3.8) is 0 Å². The van der Waals surface area contributed by atoms with Crippen LogP contribution in [-0.2, 0) is 9.53 Å². The molecule has 0 aliphatic carbocycles. The van der Waals surface area contributed by atoms with Crippen molar-refractivity contribution in [2.45, 2.75) is 44.7 Å². The van der Waals surface area contributed by atoms with E-state index in [1.54, 1.807) is 4.90 Å². The lowest BCUT2D eigenvalue weighted by Crippen LogP contribution is -2.61. The summed E-state index contributed by atoms with van der Waals surface area (Å²) in [6, 6.07) is -0.145. The number of likely N-dealkylation sites (tertiary alicyclic amines) is 1. The van der Waals surface area contributed by atoms with Gasteiger partial charge in [-0.3, -0.25) is 0 Å². The Morgan fingerprint density at radius 1 is 1.42 bits per heavy atom. The SMILES string of the molecule is CC1CCCN(C(=O)NC2(C(=O)O)CCOC2)C1C. The molecule has 2 saturated heterocycles. The van der Waals surface area contributed by atoms with Crippen molar-refractivity contribution in [1.29, 1.82) is 0 Å². The maximum atomic E-state index is 12.3. The van der Waals surface area contributed by atoms with Gasteiger partial charge in [0.2, 0.25) is 0 Å². The standard InChI is InChI=1S/C13H22N2O4/c1-9-4-3-6-15(10(9)2)12(18)14-13(11(16)17)5-7-19-8-13/h9-10H,3-8H2,1-2H3,(H,14,18)(H,16,17). The number of carboxylic acids is 1. The highest BCUT2D eigenvalue weighted by Crippen LogP contribution is 2.25. The molecule has 2 N–H and O–H groups in total. The van der Waals surface area contributed by atoms with Gasteiger partial charge in [0.25, 0.3) is 0 Å². The molecule has 0 aromatic heterocycles. The van der Waals surface area contributed by atoms with Crippen LogP contribution in [0.25, 0.3) is 0 Å². The first-order valence-corrected chi connectivity index (χ1v) is 6.86. The highest BCUT2D eigenvalue weighted by molar-refractivity contribution is 5.87. The quantitative estimate of drug-likeness (QED) is 0.786. The Morgan fingerprint density at radius 2 is 2.16 bits per heavy atom. The number of hydrogen-bond acceptors (Lipinski definition) is 3. The van der Waals surface area contributed by atoms with Crippen molar-refractivity contribution in [2.75, 3.05) is 19.8 Å². The smallest absolute Gasteiger partial charge is 0.332 e. The van der Waals surface area contributed by atoms with Gasteiger partial charge in [0.15, 0.2) is 5.54 Å². The van der Waals surface area contributed by atoms with Crippen LogP contribution in [0.5, 0.6) is 0 Å². The molecule has 0 aromatic rings. The molecule has 19 heavy (non-hydrogen) atoms. The third kappa shape index (κ3) is 2.68. The number of rotatable bonds is 2. The molecule has 108 valence electrons. The summed E-state index contributed by atoms with van der Waals surface area (Å²) in [5.74, 6) is -0.573. The average molecular weight is 270 g/mol. The number of nitrogens with one attached hydrogen (secondary N) is 1. The summed E-state index contributed by atoms with van der Waals surface area (Å²) >= 11 is 0. The highest BCUT2D eigenvalue weighted by Gasteiger charge is 2.45. The van der Waals surface area contributed by atoms with Crippen molar-refractivity contribution in [3.8, 4) is 0 Å². The highest BCUT2D eigenvalue weighted by atomic mass is 16.5. The van der Waals surface area contributed by atoms with Crippen molar-refractivity contribution < 1.29 is 19.4 Å². The number of ether oxygens (including phenoxy) is 1. The van der Waals surface area contributed by atoms with Gasteiger partial charge >= 0.3 is 12.0 Å². The van der Waals surface area contributed by atoms with E-state index in [4.69, 9.17) is 4.74 Å². The summed E-state index contributed by atoms with van der Waals surface area (Å²) < 4.78 is 5.14. The molecule has 2 fully saturated rings. The monoisotopic (exact) mass is 270 g/mol. The van der Waals surface area contributed by atoms with Gasteiger partial charge < -0.3 is 20.1 Å². The summed E-state index contributed by atoms with van der Waals surface area (Å²) in [6.07, 6.45) is 2.40. The Morgan fingerprint density at radius 3 is 2.74 bits per heavy atom. The Hall–Kier alpha value is -1.30. The Labute approximate surface area is 113 Å². The minimum Gasteiger partial charge on any atom is -0.479 e. The molecule has 0 saturated carbocycles. The van der Waals surface area contributed by atoms with E-state index in [0.717, 1.165) is 12.8 Å². The molecule has 6 heteroatoms. The third-order valence-electron chi connectivity index (χ3n) is 4.41. The molecule has 0 bridgehead atoms. The minimum atomic E-state index is -1.25. The van der Waals surface area contributed by atoms with Crippen molar-refractivity contribution in [1.82, 2.24) is 10.2 Å². The van der Waals surface area contributed by atoms with Gasteiger partial charge in [-0.25, -0.2) is 9.59 Å². The predicted molar refractivity (Wildman–Crippen MR) is 68.9 cm³/mol. The van der Waals surface area contributed by atoms with E-state index in [9.17, 15) is 14.7 Å². The number of nitrogens with zero attached hydrogens (tertiary/aromatic N) is 1. The van der Waals surface area contributed by atoms with Crippen LogP contribution in [0.4, 0.5) is 4.79 Å². The van der Waals surface area contributed by atoms with Crippen LogP contribution in [0.3, 0.4) is 0 Å². The normalized spacial score (nSPS) is 35.2. The van der Waals surface area contributed by atoms with Gasteiger partial charge in [-0.05, 0) is 25.7 Å². The lowest BCUT2D eigenvalue weighted by Gasteiger charge is -2.39. The number of aliphatic carboxylic acids is 1. The van der Waals surface area contributed by atoms with Crippen LogP contribution >= 0.6 is 0 Å². The van der Waals surface area contributed by atoms with Gasteiger partial charge in [-0.1, -0.05) is 6.92 Å². The number of hydrogen-bond donors (Lipinski definition) is 2. The summed E-state index contributed by atoms with van der Waals surface area (Å²) in [4.78, 5) is 25.4. The van der Waals surface area contributed by atoms with Gasteiger partial charge in [0.1, 0.15) is 0 Å². The number of carbonyl (C=O) groups excluding carboxylic acids is 1. The summed E-state index contributed by atoms with van der Waals surface area (Å²) in [6.45, 7) is 5.25. The maximum absolute atomic E-state index is 12.3. The zero-order valence-corrected chi connectivity index (χ0v) is 11.5. The van der Waals surface area contributed by atoms with Crippen LogP contribution < -0.4 is 5.32 Å². The molecule has 2 aliphatic heterocycles. The zero-order chi connectivity index (χ0) is 14.0. The van der Waals surface area contributed by atoms with Crippen LogP contribution in [0, 0.1) is 5.92 Å². The molecule has 2 heterocycles. The molecule has 0 aromatic carbocycles. The molecule has 0 spiro atoms. The molecule has 6 nitrogen and oxygen atoms in total. The average Bonchev–Trinajstić information content (AvgIpc) is 2.82. The van der Waals surface area contributed by atoms with Gasteiger partial charge in [-0.15, -0.1) is 0 Å². The first kappa shape index (κ1) is 14.1. The molecular weight excluding hydrogens is 248 g/mol. The maximum Gasteiger partial charge on any atom is 0.332 e. The molecule has 2 rings (SSSR count). The first-order valence-electron chi connectivity index (χ1n) is 6.86. The fourth-order valence-corrected chi connectivity index (χ4v) is 2.78. The van der Waals surface area contributed by atoms with Crippen LogP contribution in [0.1, 0.15) is 33.1 Å². The molecule has 0 radical (unpaired) electrons. The number of carboxylic acid groups (broad SMARTS) is 1. The second kappa shape index (κ2) is 5.36. The van der Waals surface area contributed by atoms with E-state index in [1.807, 2.05) is 6.92 Å². The first-order chi connectivity index (χ1) is 8.96. The fourth-order valence-electron chi connectivity index (χ4n) is 2.78. The second-order valence-electron chi connectivity index (χ2n) is 5.67. The number of amides is 2. The summed E-state index contributed by atoms with van der Waals surface area (Å²) in [5, 5.41) is 12.0. The molecule has 2 amide bonds. The van der Waals surface area contributed by atoms with Crippen LogP contribution in [0.15, 0.2) is 0 Å². The van der Waals surface area contributed by atoms with E-state index in [0.29, 0.717) is 25.5 Å². The summed E-state index contributed by atoms with van der Waals surface area (Å²) in [5.41, 5.74) is -1.25. The Bertz CT molecular complexity index is 366.